The molecule has 0 aromatic carbocycles. The maximum Gasteiger partial charge on any atom is 0.220 e. The highest BCUT2D eigenvalue weighted by Crippen LogP contribution is 2.14. The van der Waals surface area contributed by atoms with Gasteiger partial charge >= 0.3 is 0 Å². The number of carbonyl (C=O) groups excluding carboxylic acids is 2. The predicted molar refractivity (Wildman–Crippen MR) is 129 cm³/mol. The van der Waals surface area contributed by atoms with E-state index >= 15 is 0 Å². The Morgan fingerprint density at radius 3 is 2.28 bits per heavy atom. The summed E-state index contributed by atoms with van der Waals surface area (Å²) in [5.41, 5.74) is 0.354. The number of hydrogen-bond donors (Lipinski definition) is 2. The first-order chi connectivity index (χ1) is 15.0. The molecule has 8 nitrogen and oxygen atoms in total. The van der Waals surface area contributed by atoms with Gasteiger partial charge in [0.25, 0.3) is 0 Å². The highest BCUT2D eigenvalue weighted by atomic mass is 16.5. The van der Waals surface area contributed by atoms with E-state index in [-0.39, 0.29) is 36.1 Å². The fourth-order valence-corrected chi connectivity index (χ4v) is 2.31. The number of nitrogens with zero attached hydrogens (tertiary/aromatic N) is 3. The Morgan fingerprint density at radius 2 is 1.78 bits per heavy atom. The van der Waals surface area contributed by atoms with Gasteiger partial charge in [-0.25, -0.2) is 4.68 Å². The molecule has 0 atom stereocenters. The zero-order valence-electron chi connectivity index (χ0n) is 21.9. The van der Waals surface area contributed by atoms with Crippen LogP contribution in [0.4, 0.5) is 0 Å². The van der Waals surface area contributed by atoms with Gasteiger partial charge in [0.05, 0.1) is 24.9 Å². The summed E-state index contributed by atoms with van der Waals surface area (Å²) in [5.74, 6) is 0.536. The molecule has 0 radical (unpaired) electrons. The summed E-state index contributed by atoms with van der Waals surface area (Å²) in [6, 6.07) is 0. The van der Waals surface area contributed by atoms with Crippen LogP contribution >= 0.6 is 0 Å². The Bertz CT molecular complexity index is 611. The maximum absolute atomic E-state index is 11.8. The highest BCUT2D eigenvalue weighted by Gasteiger charge is 2.20. The first kappa shape index (κ1) is 32.4. The SMILES string of the molecule is CC.CC(C)CCOC(C)(C)Cn1cc(CNC(=O)CCC(=O)C(C)C)nn1.CCCO. The van der Waals surface area contributed by atoms with Crippen LogP contribution in [0, 0.1) is 11.8 Å². The molecule has 0 aliphatic rings. The highest BCUT2D eigenvalue weighted by molar-refractivity contribution is 5.85. The molecule has 32 heavy (non-hydrogen) atoms. The molecule has 0 fully saturated rings. The van der Waals surface area contributed by atoms with E-state index in [4.69, 9.17) is 9.84 Å². The normalized spacial score (nSPS) is 10.9. The number of Topliss-reactive ketones (excluding diaryl/α,β-unsaturated/α-hetero) is 1. The number of nitrogens with one attached hydrogen (secondary N) is 1. The van der Waals surface area contributed by atoms with Gasteiger partial charge < -0.3 is 15.2 Å². The predicted octanol–water partition coefficient (Wildman–Crippen LogP) is 4.16. The third-order valence-electron chi connectivity index (χ3n) is 4.25. The first-order valence-corrected chi connectivity index (χ1v) is 11.9. The van der Waals surface area contributed by atoms with Gasteiger partial charge in [0, 0.05) is 32.0 Å². The molecule has 1 rings (SSSR count). The molecule has 8 heteroatoms. The van der Waals surface area contributed by atoms with Crippen molar-refractivity contribution in [2.75, 3.05) is 13.2 Å². The maximum atomic E-state index is 11.8. The van der Waals surface area contributed by atoms with E-state index in [9.17, 15) is 9.59 Å². The second kappa shape index (κ2) is 18.7. The lowest BCUT2D eigenvalue weighted by Gasteiger charge is -2.25. The van der Waals surface area contributed by atoms with Crippen LogP contribution in [0.15, 0.2) is 6.20 Å². The average Bonchev–Trinajstić information content (AvgIpc) is 3.17. The zero-order chi connectivity index (χ0) is 25.2. The number of ketones is 1. The van der Waals surface area contributed by atoms with Gasteiger partial charge in [0.15, 0.2) is 0 Å². The van der Waals surface area contributed by atoms with Crippen LogP contribution < -0.4 is 5.32 Å². The molecule has 1 amide bonds. The lowest BCUT2D eigenvalue weighted by Crippen LogP contribution is -2.31. The fraction of sp³-hybridized carbons (Fsp3) is 0.833. The molecule has 1 aromatic rings. The largest absolute Gasteiger partial charge is 0.396 e. The Kier molecular flexibility index (Phi) is 19.0. The zero-order valence-corrected chi connectivity index (χ0v) is 21.9. The van der Waals surface area contributed by atoms with Crippen molar-refractivity contribution in [3.8, 4) is 0 Å². The van der Waals surface area contributed by atoms with Crippen LogP contribution in [0.3, 0.4) is 0 Å². The number of aromatic nitrogens is 3. The molecule has 1 heterocycles. The van der Waals surface area contributed by atoms with Crippen LogP contribution in [-0.2, 0) is 27.4 Å². The number of carbonyl (C=O) groups is 2. The van der Waals surface area contributed by atoms with Gasteiger partial charge in [0.1, 0.15) is 11.5 Å². The molecular formula is C24H48N4O4. The Balaban J connectivity index is 0. The van der Waals surface area contributed by atoms with Gasteiger partial charge in [-0.3, -0.25) is 9.59 Å². The van der Waals surface area contributed by atoms with Crippen molar-refractivity contribution in [1.29, 1.82) is 0 Å². The lowest BCUT2D eigenvalue weighted by atomic mass is 10.0. The second-order valence-corrected chi connectivity index (χ2v) is 8.82. The summed E-state index contributed by atoms with van der Waals surface area (Å²) >= 11 is 0. The van der Waals surface area contributed by atoms with E-state index in [1.807, 2.05) is 54.7 Å². The van der Waals surface area contributed by atoms with Crippen molar-refractivity contribution in [2.24, 2.45) is 11.8 Å². The summed E-state index contributed by atoms with van der Waals surface area (Å²) in [7, 11) is 0. The van der Waals surface area contributed by atoms with E-state index < -0.39 is 0 Å². The number of hydrogen-bond acceptors (Lipinski definition) is 6. The average molecular weight is 457 g/mol. The minimum absolute atomic E-state index is 0.0335. The molecule has 1 aromatic heterocycles. The Labute approximate surface area is 195 Å². The number of aliphatic hydroxyl groups excluding tert-OH is 1. The summed E-state index contributed by atoms with van der Waals surface area (Å²) < 4.78 is 7.67. The van der Waals surface area contributed by atoms with Crippen molar-refractivity contribution in [3.05, 3.63) is 11.9 Å². The van der Waals surface area contributed by atoms with Crippen LogP contribution in [0.2, 0.25) is 0 Å². The quantitative estimate of drug-likeness (QED) is 0.462. The van der Waals surface area contributed by atoms with E-state index in [2.05, 4.69) is 29.5 Å². The van der Waals surface area contributed by atoms with Crippen LogP contribution in [-0.4, -0.2) is 50.6 Å². The molecule has 2 N–H and O–H groups in total. The molecule has 0 aliphatic carbocycles. The van der Waals surface area contributed by atoms with Crippen molar-refractivity contribution in [3.63, 3.8) is 0 Å². The van der Waals surface area contributed by atoms with Crippen molar-refractivity contribution < 1.29 is 19.4 Å². The van der Waals surface area contributed by atoms with Crippen LogP contribution in [0.1, 0.15) is 93.7 Å². The van der Waals surface area contributed by atoms with Crippen molar-refractivity contribution >= 4 is 11.7 Å². The van der Waals surface area contributed by atoms with Crippen molar-refractivity contribution in [1.82, 2.24) is 20.3 Å². The van der Waals surface area contributed by atoms with E-state index in [0.29, 0.717) is 31.3 Å². The molecule has 188 valence electrons. The minimum atomic E-state index is -0.333. The summed E-state index contributed by atoms with van der Waals surface area (Å²) in [4.78, 5) is 23.4. The lowest BCUT2D eigenvalue weighted by molar-refractivity contribution is -0.126. The monoisotopic (exact) mass is 456 g/mol. The summed E-state index contributed by atoms with van der Waals surface area (Å²) in [5, 5.41) is 18.8. The standard InChI is InChI=1S/C19H34N4O3.C3H8O.C2H6/c1-14(2)9-10-26-19(5,6)13-23-12-16(21-22-23)11-20-18(25)8-7-17(24)15(3)4;1-2-3-4;1-2/h12,14-15H,7-11,13H2,1-6H3,(H,20,25);4H,2-3H2,1H3;1-2H3. The molecule has 0 spiro atoms. The summed E-state index contributed by atoms with van der Waals surface area (Å²) in [6.45, 7) is 20.0. The molecule has 0 saturated heterocycles. The third-order valence-corrected chi connectivity index (χ3v) is 4.25. The smallest absolute Gasteiger partial charge is 0.220 e. The second-order valence-electron chi connectivity index (χ2n) is 8.82. The number of aliphatic hydroxyl groups is 1. The number of amides is 1. The van der Waals surface area contributed by atoms with E-state index in [0.717, 1.165) is 19.4 Å². The van der Waals surface area contributed by atoms with E-state index in [1.165, 1.54) is 0 Å². The fourth-order valence-electron chi connectivity index (χ4n) is 2.31. The Hall–Kier alpha value is -1.80. The molecule has 0 bridgehead atoms. The minimum Gasteiger partial charge on any atom is -0.396 e. The van der Waals surface area contributed by atoms with Crippen LogP contribution in [0.25, 0.3) is 0 Å². The third kappa shape index (κ3) is 17.8. The first-order valence-electron chi connectivity index (χ1n) is 11.9. The van der Waals surface area contributed by atoms with Crippen LogP contribution in [0.5, 0.6) is 0 Å². The topological polar surface area (TPSA) is 106 Å². The molecule has 0 saturated carbocycles. The molecular weight excluding hydrogens is 408 g/mol. The van der Waals surface area contributed by atoms with Gasteiger partial charge in [-0.15, -0.1) is 5.10 Å². The van der Waals surface area contributed by atoms with Gasteiger partial charge in [-0.1, -0.05) is 53.7 Å². The van der Waals surface area contributed by atoms with Gasteiger partial charge in [-0.2, -0.15) is 0 Å². The van der Waals surface area contributed by atoms with E-state index in [1.54, 1.807) is 4.68 Å². The van der Waals surface area contributed by atoms with Crippen molar-refractivity contribution in [2.45, 2.75) is 107 Å². The molecule has 0 aliphatic heterocycles. The summed E-state index contributed by atoms with van der Waals surface area (Å²) in [6.07, 6.45) is 4.20. The number of ether oxygens (including phenoxy) is 1. The van der Waals surface area contributed by atoms with Gasteiger partial charge in [-0.05, 0) is 32.6 Å². The van der Waals surface area contributed by atoms with Gasteiger partial charge in [0.2, 0.25) is 5.91 Å². The molecule has 0 unspecified atom stereocenters. The Morgan fingerprint density at radius 1 is 1.19 bits per heavy atom. The number of rotatable bonds is 13.